The van der Waals surface area contributed by atoms with Gasteiger partial charge in [-0.3, -0.25) is 9.59 Å². The van der Waals surface area contributed by atoms with E-state index < -0.39 is 5.97 Å². The summed E-state index contributed by atoms with van der Waals surface area (Å²) in [6.45, 7) is 5.66. The Hall–Kier alpha value is -1.58. The number of β-lactam (4-membered cyclic amide) rings is 1. The van der Waals surface area contributed by atoms with Crippen LogP contribution in [-0.2, 0) is 14.4 Å². The Kier molecular flexibility index (Phi) is 5.89. The Balaban J connectivity index is 1.46. The molecule has 1 saturated carbocycles. The highest BCUT2D eigenvalue weighted by Gasteiger charge is 2.60. The lowest BCUT2D eigenvalue weighted by molar-refractivity contribution is -0.158. The Morgan fingerprint density at radius 3 is 2.67 bits per heavy atom. The van der Waals surface area contributed by atoms with E-state index in [-0.39, 0.29) is 52.7 Å². The van der Waals surface area contributed by atoms with Crippen LogP contribution >= 0.6 is 11.8 Å². The predicted octanol–water partition coefficient (Wildman–Crippen LogP) is 0.699. The summed E-state index contributed by atoms with van der Waals surface area (Å²) in [6.07, 6.45) is 3.16. The molecule has 0 spiro atoms. The van der Waals surface area contributed by atoms with Crippen LogP contribution in [0.25, 0.3) is 0 Å². The zero-order valence-corrected chi connectivity index (χ0v) is 18.9. The summed E-state index contributed by atoms with van der Waals surface area (Å²) in [5.74, 6) is -0.551. The minimum absolute atomic E-state index is 0.0161. The van der Waals surface area contributed by atoms with E-state index in [1.165, 1.54) is 29.5 Å². The quantitative estimate of drug-likeness (QED) is 0.482. The molecular weight excluding hydrogens is 404 g/mol. The largest absolute Gasteiger partial charge is 0.477 e. The van der Waals surface area contributed by atoms with Crippen LogP contribution in [0.5, 0.6) is 0 Å². The van der Waals surface area contributed by atoms with E-state index >= 15 is 0 Å². The van der Waals surface area contributed by atoms with E-state index in [0.717, 1.165) is 17.4 Å². The molecule has 3 fully saturated rings. The van der Waals surface area contributed by atoms with Gasteiger partial charge in [-0.25, -0.2) is 4.79 Å². The van der Waals surface area contributed by atoms with Gasteiger partial charge in [-0.05, 0) is 38.6 Å². The molecular formula is C21H32N4O4S. The second-order valence-electron chi connectivity index (χ2n) is 9.34. The van der Waals surface area contributed by atoms with Crippen LogP contribution in [0, 0.1) is 17.8 Å². The number of amides is 2. The summed E-state index contributed by atoms with van der Waals surface area (Å²) < 4.78 is 0. The third-order valence-corrected chi connectivity index (χ3v) is 8.39. The fraction of sp³-hybridized carbons (Fsp3) is 0.762. The lowest BCUT2D eigenvalue weighted by Crippen LogP contribution is -2.65. The number of carboxylic acid groups (broad SMARTS) is 1. The van der Waals surface area contributed by atoms with Crippen LogP contribution in [-0.4, -0.2) is 83.3 Å². The highest BCUT2D eigenvalue weighted by atomic mass is 32.2. The number of nitrogens with zero attached hydrogens (tertiary/aromatic N) is 2. The van der Waals surface area contributed by atoms with Gasteiger partial charge in [0.05, 0.1) is 18.0 Å². The summed E-state index contributed by atoms with van der Waals surface area (Å²) in [5.41, 5.74) is 0.149. The van der Waals surface area contributed by atoms with Crippen LogP contribution in [0.3, 0.4) is 0 Å². The maximum absolute atomic E-state index is 12.9. The van der Waals surface area contributed by atoms with Gasteiger partial charge in [0.25, 0.3) is 0 Å². The highest BCUT2D eigenvalue weighted by molar-refractivity contribution is 8.03. The highest BCUT2D eigenvalue weighted by Crippen LogP contribution is 2.51. The van der Waals surface area contributed by atoms with Gasteiger partial charge in [0.15, 0.2) is 0 Å². The molecule has 1 aliphatic carbocycles. The molecule has 4 rings (SSSR count). The molecule has 9 heteroatoms. The molecule has 8 nitrogen and oxygen atoms in total. The lowest BCUT2D eigenvalue weighted by atomic mass is 9.78. The van der Waals surface area contributed by atoms with Crippen molar-refractivity contribution in [3.63, 3.8) is 0 Å². The van der Waals surface area contributed by atoms with Gasteiger partial charge in [0, 0.05) is 42.8 Å². The molecule has 0 radical (unpaired) electrons. The summed E-state index contributed by atoms with van der Waals surface area (Å²) in [7, 11) is 3.48. The van der Waals surface area contributed by atoms with Crippen LogP contribution in [0.15, 0.2) is 10.6 Å². The number of carbonyl (C=O) groups is 3. The van der Waals surface area contributed by atoms with Crippen molar-refractivity contribution in [1.82, 2.24) is 20.4 Å². The van der Waals surface area contributed by atoms with Crippen LogP contribution < -0.4 is 10.6 Å². The summed E-state index contributed by atoms with van der Waals surface area (Å²) in [6, 6.07) is -0.293. The van der Waals surface area contributed by atoms with Crippen molar-refractivity contribution in [2.75, 3.05) is 27.2 Å². The van der Waals surface area contributed by atoms with E-state index in [1.807, 2.05) is 13.8 Å². The normalized spacial score (nSPS) is 34.1. The van der Waals surface area contributed by atoms with Crippen LogP contribution in [0.4, 0.5) is 0 Å². The molecule has 6 atom stereocenters. The number of carbonyl (C=O) groups excluding carboxylic acids is 2. The van der Waals surface area contributed by atoms with Gasteiger partial charge in [0.2, 0.25) is 11.8 Å². The van der Waals surface area contributed by atoms with Crippen LogP contribution in [0.1, 0.15) is 33.1 Å². The first kappa shape index (κ1) is 21.6. The number of likely N-dealkylation sites (N-methyl/N-ethyl adjacent to an activating group) is 1. The third kappa shape index (κ3) is 3.76. The van der Waals surface area contributed by atoms with E-state index in [0.29, 0.717) is 13.0 Å². The number of nitrogens with one attached hydrogen (secondary N) is 2. The Labute approximate surface area is 181 Å². The van der Waals surface area contributed by atoms with Gasteiger partial charge in [-0.15, -0.1) is 11.8 Å². The van der Waals surface area contributed by atoms with E-state index in [1.54, 1.807) is 19.0 Å². The van der Waals surface area contributed by atoms with Crippen molar-refractivity contribution < 1.29 is 19.5 Å². The number of hydrogen-bond acceptors (Lipinski definition) is 6. The fourth-order valence-electron chi connectivity index (χ4n) is 4.97. The number of rotatable bonds is 8. The smallest absolute Gasteiger partial charge is 0.353 e. The molecule has 2 saturated heterocycles. The Bertz CT molecular complexity index is 781. The molecule has 30 heavy (non-hydrogen) atoms. The monoisotopic (exact) mass is 436 g/mol. The van der Waals surface area contributed by atoms with Crippen molar-refractivity contribution >= 4 is 29.5 Å². The second-order valence-corrected chi connectivity index (χ2v) is 10.7. The van der Waals surface area contributed by atoms with E-state index in [2.05, 4.69) is 10.6 Å². The molecule has 3 N–H and O–H groups in total. The molecule has 3 heterocycles. The van der Waals surface area contributed by atoms with Crippen molar-refractivity contribution in [2.45, 2.75) is 56.5 Å². The first-order chi connectivity index (χ1) is 14.2. The molecule has 2 amide bonds. The van der Waals surface area contributed by atoms with Crippen LogP contribution in [0.2, 0.25) is 0 Å². The summed E-state index contributed by atoms with van der Waals surface area (Å²) in [5, 5.41) is 16.7. The molecule has 3 aliphatic heterocycles. The number of carboxylic acids is 1. The first-order valence-corrected chi connectivity index (χ1v) is 11.7. The molecule has 0 aromatic heterocycles. The van der Waals surface area contributed by atoms with Crippen molar-refractivity contribution in [2.24, 2.45) is 17.8 Å². The maximum atomic E-state index is 12.9. The van der Waals surface area contributed by atoms with Gasteiger partial charge in [0.1, 0.15) is 5.70 Å². The minimum Gasteiger partial charge on any atom is -0.477 e. The second kappa shape index (κ2) is 8.16. The van der Waals surface area contributed by atoms with Gasteiger partial charge < -0.3 is 25.5 Å². The average Bonchev–Trinajstić information content (AvgIpc) is 3.35. The number of thioether (sulfide) groups is 1. The van der Waals surface area contributed by atoms with Crippen molar-refractivity contribution in [1.29, 1.82) is 0 Å². The molecule has 0 aromatic carbocycles. The molecule has 0 aromatic rings. The minimum atomic E-state index is -1.04. The SMILES string of the molecule is CC(NCC1CC1)[C@H]1C(=O)N2C(C(=O)O)=C(S[C@@H]3CN[C@H](C(=O)N(C)C)C3)[C@H](C)[C@H]12. The molecule has 1 unspecified atom stereocenters. The number of hydrogen-bond donors (Lipinski definition) is 3. The maximum Gasteiger partial charge on any atom is 0.353 e. The third-order valence-electron chi connectivity index (χ3n) is 6.88. The Morgan fingerprint density at radius 1 is 1.37 bits per heavy atom. The summed E-state index contributed by atoms with van der Waals surface area (Å²) >= 11 is 1.54. The lowest BCUT2D eigenvalue weighted by Gasteiger charge is -2.47. The average molecular weight is 437 g/mol. The molecule has 166 valence electrons. The molecule has 0 bridgehead atoms. The van der Waals surface area contributed by atoms with E-state index in [9.17, 15) is 19.5 Å². The zero-order chi connectivity index (χ0) is 21.7. The molecule has 4 aliphatic rings. The zero-order valence-electron chi connectivity index (χ0n) is 18.1. The first-order valence-electron chi connectivity index (χ1n) is 10.9. The van der Waals surface area contributed by atoms with Crippen molar-refractivity contribution in [3.8, 4) is 0 Å². The Morgan fingerprint density at radius 2 is 2.07 bits per heavy atom. The van der Waals surface area contributed by atoms with Gasteiger partial charge in [-0.2, -0.15) is 0 Å². The number of aliphatic carboxylic acids is 1. The predicted molar refractivity (Wildman–Crippen MR) is 115 cm³/mol. The van der Waals surface area contributed by atoms with Crippen molar-refractivity contribution in [3.05, 3.63) is 10.6 Å². The van der Waals surface area contributed by atoms with Gasteiger partial charge in [-0.1, -0.05) is 6.92 Å². The topological polar surface area (TPSA) is 102 Å². The summed E-state index contributed by atoms with van der Waals surface area (Å²) in [4.78, 5) is 41.1. The fourth-order valence-corrected chi connectivity index (χ4v) is 6.45. The standard InChI is InChI=1S/C21H32N4O4S/c1-10-16-15(11(2)22-8-12-5-6-12)20(27)25(16)17(21(28)29)18(10)30-13-7-14(23-9-13)19(26)24(3)4/h10-16,22-23H,5-9H2,1-4H3,(H,28,29)/t10-,11?,13+,14+,15-,16-/m1/s1. The van der Waals surface area contributed by atoms with Gasteiger partial charge >= 0.3 is 5.97 Å². The van der Waals surface area contributed by atoms with E-state index in [4.69, 9.17) is 0 Å². The number of fused-ring (bicyclic) bond motifs is 1.